The molecule has 0 heterocycles. The number of hydrogen-bond acceptors (Lipinski definition) is 1. The van der Waals surface area contributed by atoms with Crippen molar-refractivity contribution in [2.45, 2.75) is 5.92 Å². The minimum atomic E-state index is 0.0798. The molecule has 1 nitrogen and oxygen atoms in total. The molecule has 0 amide bonds. The van der Waals surface area contributed by atoms with Gasteiger partial charge in [0.25, 0.3) is 0 Å². The van der Waals surface area contributed by atoms with E-state index in [2.05, 4.69) is 272 Å². The number of anilines is 3. The smallest absolute Gasteiger partial charge is 0.0462 e. The summed E-state index contributed by atoms with van der Waals surface area (Å²) >= 11 is 0. The van der Waals surface area contributed by atoms with Gasteiger partial charge < -0.3 is 4.90 Å². The van der Waals surface area contributed by atoms with Gasteiger partial charge in [0, 0.05) is 23.0 Å². The van der Waals surface area contributed by atoms with Crippen LogP contribution in [-0.2, 0) is 0 Å². The predicted molar refractivity (Wildman–Crippen MR) is 262 cm³/mol. The maximum Gasteiger partial charge on any atom is 0.0462 e. The van der Waals surface area contributed by atoms with Crippen molar-refractivity contribution in [3.05, 3.63) is 284 Å². The van der Waals surface area contributed by atoms with Crippen LogP contribution in [0.3, 0.4) is 0 Å². The second-order valence-electron chi connectivity index (χ2n) is 15.7. The molecule has 0 bridgehead atoms. The first kappa shape index (κ1) is 38.2. The highest BCUT2D eigenvalue weighted by Crippen LogP contribution is 2.39. The third kappa shape index (κ3) is 8.26. The van der Waals surface area contributed by atoms with Crippen LogP contribution in [0.15, 0.2) is 267 Å². The van der Waals surface area contributed by atoms with E-state index in [-0.39, 0.29) is 5.92 Å². The summed E-state index contributed by atoms with van der Waals surface area (Å²) in [6, 6.07) is 96.4. The first-order chi connectivity index (χ1) is 30.7. The van der Waals surface area contributed by atoms with E-state index in [0.29, 0.717) is 0 Å². The minimum Gasteiger partial charge on any atom is -0.311 e. The summed E-state index contributed by atoms with van der Waals surface area (Å²) in [6.45, 7) is 0. The van der Waals surface area contributed by atoms with Crippen LogP contribution < -0.4 is 4.90 Å². The molecular formula is C61H45N. The van der Waals surface area contributed by atoms with Crippen LogP contribution in [0.5, 0.6) is 0 Å². The Bertz CT molecular complexity index is 2580. The van der Waals surface area contributed by atoms with E-state index in [4.69, 9.17) is 0 Å². The van der Waals surface area contributed by atoms with Crippen molar-refractivity contribution in [3.8, 4) is 55.6 Å². The van der Waals surface area contributed by atoms with Gasteiger partial charge >= 0.3 is 0 Å². The molecule has 0 radical (unpaired) electrons. The quantitative estimate of drug-likeness (QED) is 0.118. The summed E-state index contributed by atoms with van der Waals surface area (Å²) in [5.41, 5.74) is 19.2. The summed E-state index contributed by atoms with van der Waals surface area (Å²) < 4.78 is 0. The van der Waals surface area contributed by atoms with Crippen LogP contribution in [0.4, 0.5) is 17.1 Å². The first-order valence-corrected chi connectivity index (χ1v) is 21.4. The number of nitrogens with zero attached hydrogens (tertiary/aromatic N) is 1. The molecule has 1 heteroatoms. The SMILES string of the molecule is c1ccc(-c2ccc(C(c3ccc(-c4ccccc4)cc3)c3ccc(-c4ccc(N(c5ccc(-c6ccccc6)cc5)c5ccc(-c6ccccc6)cc5)cc4)cc3)cc2)cc1. The molecule has 0 N–H and O–H groups in total. The molecule has 0 aliphatic carbocycles. The lowest BCUT2D eigenvalue weighted by molar-refractivity contribution is 0.978. The predicted octanol–water partition coefficient (Wildman–Crippen LogP) is 16.7. The van der Waals surface area contributed by atoms with Crippen LogP contribution >= 0.6 is 0 Å². The molecule has 10 aromatic carbocycles. The van der Waals surface area contributed by atoms with Crippen molar-refractivity contribution in [2.75, 3.05) is 4.90 Å². The number of benzene rings is 10. The maximum absolute atomic E-state index is 2.34. The molecule has 294 valence electrons. The minimum absolute atomic E-state index is 0.0798. The fourth-order valence-electron chi connectivity index (χ4n) is 8.56. The van der Waals surface area contributed by atoms with E-state index in [9.17, 15) is 0 Å². The van der Waals surface area contributed by atoms with Crippen LogP contribution in [-0.4, -0.2) is 0 Å². The van der Waals surface area contributed by atoms with Crippen molar-refractivity contribution in [1.82, 2.24) is 0 Å². The van der Waals surface area contributed by atoms with Crippen LogP contribution in [0.25, 0.3) is 55.6 Å². The molecule has 0 atom stereocenters. The third-order valence-corrected chi connectivity index (χ3v) is 11.9. The van der Waals surface area contributed by atoms with Gasteiger partial charge in [-0.3, -0.25) is 0 Å². The van der Waals surface area contributed by atoms with Gasteiger partial charge in [0.2, 0.25) is 0 Å². The van der Waals surface area contributed by atoms with E-state index in [1.165, 1.54) is 72.3 Å². The van der Waals surface area contributed by atoms with E-state index < -0.39 is 0 Å². The molecule has 0 unspecified atom stereocenters. The average molecular weight is 792 g/mol. The van der Waals surface area contributed by atoms with Crippen molar-refractivity contribution >= 4 is 17.1 Å². The third-order valence-electron chi connectivity index (χ3n) is 11.9. The maximum atomic E-state index is 2.34. The molecule has 62 heavy (non-hydrogen) atoms. The van der Waals surface area contributed by atoms with Gasteiger partial charge in [-0.15, -0.1) is 0 Å². The first-order valence-electron chi connectivity index (χ1n) is 21.4. The monoisotopic (exact) mass is 791 g/mol. The van der Waals surface area contributed by atoms with Gasteiger partial charge in [-0.05, 0) is 109 Å². The second kappa shape index (κ2) is 17.7. The van der Waals surface area contributed by atoms with Crippen molar-refractivity contribution in [3.63, 3.8) is 0 Å². The zero-order chi connectivity index (χ0) is 41.5. The summed E-state index contributed by atoms with van der Waals surface area (Å²) in [5, 5.41) is 0. The Balaban J connectivity index is 0.960. The average Bonchev–Trinajstić information content (AvgIpc) is 3.36. The molecular weight excluding hydrogens is 747 g/mol. The second-order valence-corrected chi connectivity index (χ2v) is 15.7. The number of rotatable bonds is 11. The van der Waals surface area contributed by atoms with E-state index in [1.54, 1.807) is 0 Å². The van der Waals surface area contributed by atoms with Crippen molar-refractivity contribution in [2.24, 2.45) is 0 Å². The Hall–Kier alpha value is -8.00. The molecule has 10 rings (SSSR count). The molecule has 0 aliphatic heterocycles. The highest BCUT2D eigenvalue weighted by molar-refractivity contribution is 5.81. The Morgan fingerprint density at radius 3 is 0.565 bits per heavy atom. The highest BCUT2D eigenvalue weighted by Gasteiger charge is 2.19. The van der Waals surface area contributed by atoms with Crippen LogP contribution in [0, 0.1) is 0 Å². The lowest BCUT2D eigenvalue weighted by Gasteiger charge is -2.26. The van der Waals surface area contributed by atoms with E-state index in [1.807, 2.05) is 0 Å². The van der Waals surface area contributed by atoms with Gasteiger partial charge in [0.15, 0.2) is 0 Å². The van der Waals surface area contributed by atoms with Gasteiger partial charge in [0.1, 0.15) is 0 Å². The van der Waals surface area contributed by atoms with Crippen LogP contribution in [0.2, 0.25) is 0 Å². The Morgan fingerprint density at radius 2 is 0.355 bits per heavy atom. The largest absolute Gasteiger partial charge is 0.311 e. The molecule has 0 saturated heterocycles. The molecule has 0 aromatic heterocycles. The molecule has 0 saturated carbocycles. The van der Waals surface area contributed by atoms with Crippen molar-refractivity contribution in [1.29, 1.82) is 0 Å². The van der Waals surface area contributed by atoms with Gasteiger partial charge in [0.05, 0.1) is 0 Å². The van der Waals surface area contributed by atoms with E-state index in [0.717, 1.165) is 17.1 Å². The summed E-state index contributed by atoms with van der Waals surface area (Å²) in [7, 11) is 0. The standard InChI is InChI=1S/C61H45N/c1-5-13-45(14-6-1)49-21-27-55(28-22-49)61(56-29-23-50(24-30-56)46-15-7-2-8-16-46)57-31-25-51(26-32-57)54-37-43-60(44-38-54)62(58-39-33-52(34-40-58)47-17-9-3-10-18-47)59-41-35-53(36-42-59)48-19-11-4-12-20-48/h1-44,61H. The summed E-state index contributed by atoms with van der Waals surface area (Å²) in [6.07, 6.45) is 0. The van der Waals surface area contributed by atoms with Crippen molar-refractivity contribution < 1.29 is 0 Å². The Morgan fingerprint density at radius 1 is 0.177 bits per heavy atom. The van der Waals surface area contributed by atoms with Gasteiger partial charge in [-0.1, -0.05) is 231 Å². The van der Waals surface area contributed by atoms with Gasteiger partial charge in [-0.2, -0.15) is 0 Å². The van der Waals surface area contributed by atoms with Crippen LogP contribution in [0.1, 0.15) is 22.6 Å². The Labute approximate surface area is 365 Å². The summed E-state index contributed by atoms with van der Waals surface area (Å²) in [4.78, 5) is 2.34. The summed E-state index contributed by atoms with van der Waals surface area (Å²) in [5.74, 6) is 0.0798. The van der Waals surface area contributed by atoms with E-state index >= 15 is 0 Å². The zero-order valence-corrected chi connectivity index (χ0v) is 34.4. The normalized spacial score (nSPS) is 11.0. The highest BCUT2D eigenvalue weighted by atomic mass is 15.1. The molecule has 10 aromatic rings. The van der Waals surface area contributed by atoms with Gasteiger partial charge in [-0.25, -0.2) is 0 Å². The fraction of sp³-hybridized carbons (Fsp3) is 0.0164. The zero-order valence-electron chi connectivity index (χ0n) is 34.4. The molecule has 0 aliphatic rings. The Kier molecular flexibility index (Phi) is 10.9. The molecule has 0 fully saturated rings. The lowest BCUT2D eigenvalue weighted by atomic mass is 9.83. The fourth-order valence-corrected chi connectivity index (χ4v) is 8.56. The lowest BCUT2D eigenvalue weighted by Crippen LogP contribution is -2.09. The molecule has 0 spiro atoms. The number of hydrogen-bond donors (Lipinski definition) is 0. The topological polar surface area (TPSA) is 3.24 Å².